The highest BCUT2D eigenvalue weighted by Crippen LogP contribution is 2.36. The molecule has 0 radical (unpaired) electrons. The van der Waals surface area contributed by atoms with Crippen LogP contribution in [0.5, 0.6) is 0 Å². The fourth-order valence-corrected chi connectivity index (χ4v) is 3.10. The molecule has 1 unspecified atom stereocenters. The van der Waals surface area contributed by atoms with E-state index in [4.69, 9.17) is 11.6 Å². The summed E-state index contributed by atoms with van der Waals surface area (Å²) in [5, 5.41) is 4.43. The standard InChI is InChI=1S/C14H19ClIN/c1-2-17-14(8-5-10-3-4-10)12-9-11(15)6-7-13(12)16/h6-7,9-10,14,17H,2-5,8H2,1H3. The lowest BCUT2D eigenvalue weighted by Gasteiger charge is -2.20. The first kappa shape index (κ1) is 13.6. The molecule has 17 heavy (non-hydrogen) atoms. The van der Waals surface area contributed by atoms with Crippen molar-refractivity contribution >= 4 is 34.2 Å². The van der Waals surface area contributed by atoms with Gasteiger partial charge in [-0.2, -0.15) is 0 Å². The summed E-state index contributed by atoms with van der Waals surface area (Å²) >= 11 is 8.51. The summed E-state index contributed by atoms with van der Waals surface area (Å²) in [6, 6.07) is 6.66. The normalized spacial score (nSPS) is 17.1. The fourth-order valence-electron chi connectivity index (χ4n) is 2.20. The fraction of sp³-hybridized carbons (Fsp3) is 0.571. The Morgan fingerprint density at radius 2 is 2.24 bits per heavy atom. The molecule has 1 fully saturated rings. The van der Waals surface area contributed by atoms with E-state index in [1.807, 2.05) is 6.07 Å². The molecule has 0 aliphatic heterocycles. The summed E-state index contributed by atoms with van der Waals surface area (Å²) in [7, 11) is 0. The van der Waals surface area contributed by atoms with E-state index in [-0.39, 0.29) is 0 Å². The maximum Gasteiger partial charge on any atom is 0.0410 e. The first-order valence-corrected chi connectivity index (χ1v) is 7.84. The molecule has 1 atom stereocenters. The van der Waals surface area contributed by atoms with Gasteiger partial charge in [0.25, 0.3) is 0 Å². The third-order valence-corrected chi connectivity index (χ3v) is 4.56. The topological polar surface area (TPSA) is 12.0 Å². The molecule has 1 aliphatic rings. The lowest BCUT2D eigenvalue weighted by atomic mass is 10.0. The van der Waals surface area contributed by atoms with E-state index in [0.29, 0.717) is 6.04 Å². The minimum Gasteiger partial charge on any atom is -0.310 e. The summed E-state index contributed by atoms with van der Waals surface area (Å²) in [5.41, 5.74) is 1.36. The zero-order chi connectivity index (χ0) is 12.3. The molecule has 1 aromatic carbocycles. The van der Waals surface area contributed by atoms with Crippen molar-refractivity contribution in [3.8, 4) is 0 Å². The van der Waals surface area contributed by atoms with Crippen LogP contribution in [0.1, 0.15) is 44.2 Å². The minimum atomic E-state index is 0.464. The van der Waals surface area contributed by atoms with Crippen molar-refractivity contribution in [2.75, 3.05) is 6.54 Å². The first-order valence-electron chi connectivity index (χ1n) is 6.39. The van der Waals surface area contributed by atoms with Crippen molar-refractivity contribution in [3.63, 3.8) is 0 Å². The molecular formula is C14H19ClIN. The Labute approximate surface area is 122 Å². The van der Waals surface area contributed by atoms with Gasteiger partial charge in [-0.25, -0.2) is 0 Å². The zero-order valence-corrected chi connectivity index (χ0v) is 13.1. The second-order valence-electron chi connectivity index (χ2n) is 4.80. The molecule has 0 saturated heterocycles. The minimum absolute atomic E-state index is 0.464. The smallest absolute Gasteiger partial charge is 0.0410 e. The molecule has 94 valence electrons. The van der Waals surface area contributed by atoms with Gasteiger partial charge in [-0.3, -0.25) is 0 Å². The second kappa shape index (κ2) is 6.39. The van der Waals surface area contributed by atoms with E-state index in [1.54, 1.807) is 0 Å². The quantitative estimate of drug-likeness (QED) is 0.717. The predicted octanol–water partition coefficient (Wildman–Crippen LogP) is 4.79. The molecule has 0 amide bonds. The van der Waals surface area contributed by atoms with Crippen LogP contribution in [-0.2, 0) is 0 Å². The highest BCUT2D eigenvalue weighted by molar-refractivity contribution is 14.1. The van der Waals surface area contributed by atoms with Gasteiger partial charge in [-0.05, 0) is 71.7 Å². The third kappa shape index (κ3) is 4.11. The van der Waals surface area contributed by atoms with Gasteiger partial charge in [0.05, 0.1) is 0 Å². The van der Waals surface area contributed by atoms with Crippen LogP contribution in [-0.4, -0.2) is 6.54 Å². The lowest BCUT2D eigenvalue weighted by Crippen LogP contribution is -2.22. The summed E-state index contributed by atoms with van der Waals surface area (Å²) in [6.07, 6.45) is 5.45. The van der Waals surface area contributed by atoms with Gasteiger partial charge in [-0.15, -0.1) is 0 Å². The summed E-state index contributed by atoms with van der Waals surface area (Å²) in [4.78, 5) is 0. The monoisotopic (exact) mass is 363 g/mol. The van der Waals surface area contributed by atoms with E-state index in [0.717, 1.165) is 17.5 Å². The number of hydrogen-bond acceptors (Lipinski definition) is 1. The number of benzene rings is 1. The van der Waals surface area contributed by atoms with Crippen LogP contribution in [0.2, 0.25) is 5.02 Å². The van der Waals surface area contributed by atoms with Crippen LogP contribution in [0.3, 0.4) is 0 Å². The van der Waals surface area contributed by atoms with Crippen molar-refractivity contribution in [1.82, 2.24) is 5.32 Å². The van der Waals surface area contributed by atoms with Gasteiger partial charge in [0.2, 0.25) is 0 Å². The average Bonchev–Trinajstić information content (AvgIpc) is 3.12. The van der Waals surface area contributed by atoms with Gasteiger partial charge in [-0.1, -0.05) is 31.4 Å². The van der Waals surface area contributed by atoms with Crippen molar-refractivity contribution in [2.45, 2.75) is 38.6 Å². The molecule has 3 heteroatoms. The zero-order valence-electron chi connectivity index (χ0n) is 10.2. The van der Waals surface area contributed by atoms with E-state index in [1.165, 1.54) is 34.8 Å². The number of rotatable bonds is 6. The molecule has 0 spiro atoms. The van der Waals surface area contributed by atoms with E-state index in [9.17, 15) is 0 Å². The Bertz CT molecular complexity index is 376. The highest BCUT2D eigenvalue weighted by Gasteiger charge is 2.23. The van der Waals surface area contributed by atoms with Crippen LogP contribution >= 0.6 is 34.2 Å². The van der Waals surface area contributed by atoms with Crippen LogP contribution < -0.4 is 5.32 Å². The average molecular weight is 364 g/mol. The van der Waals surface area contributed by atoms with Crippen molar-refractivity contribution < 1.29 is 0 Å². The molecule has 2 rings (SSSR count). The predicted molar refractivity (Wildman–Crippen MR) is 82.5 cm³/mol. The van der Waals surface area contributed by atoms with Crippen molar-refractivity contribution in [1.29, 1.82) is 0 Å². The van der Waals surface area contributed by atoms with Gasteiger partial charge in [0.15, 0.2) is 0 Å². The second-order valence-corrected chi connectivity index (χ2v) is 6.40. The number of hydrogen-bond donors (Lipinski definition) is 1. The summed E-state index contributed by atoms with van der Waals surface area (Å²) in [5.74, 6) is 0.994. The molecule has 0 heterocycles. The van der Waals surface area contributed by atoms with Crippen LogP contribution in [0.25, 0.3) is 0 Å². The van der Waals surface area contributed by atoms with Gasteiger partial charge in [0, 0.05) is 14.6 Å². The van der Waals surface area contributed by atoms with Gasteiger partial charge >= 0.3 is 0 Å². The van der Waals surface area contributed by atoms with Gasteiger partial charge < -0.3 is 5.32 Å². The molecule has 1 N–H and O–H groups in total. The molecule has 1 saturated carbocycles. The van der Waals surface area contributed by atoms with Crippen molar-refractivity contribution in [2.24, 2.45) is 5.92 Å². The molecular weight excluding hydrogens is 345 g/mol. The molecule has 0 aromatic heterocycles. The Hall–Kier alpha value is 0.200. The molecule has 1 nitrogen and oxygen atoms in total. The maximum absolute atomic E-state index is 6.10. The first-order chi connectivity index (χ1) is 8.20. The van der Waals surface area contributed by atoms with E-state index in [2.05, 4.69) is 47.0 Å². The van der Waals surface area contributed by atoms with Crippen LogP contribution in [0.4, 0.5) is 0 Å². The molecule has 1 aromatic rings. The van der Waals surface area contributed by atoms with Gasteiger partial charge in [0.1, 0.15) is 0 Å². The third-order valence-electron chi connectivity index (χ3n) is 3.34. The van der Waals surface area contributed by atoms with Crippen molar-refractivity contribution in [3.05, 3.63) is 32.4 Å². The highest BCUT2D eigenvalue weighted by atomic mass is 127. The Morgan fingerprint density at radius 1 is 1.47 bits per heavy atom. The molecule has 1 aliphatic carbocycles. The Morgan fingerprint density at radius 3 is 2.88 bits per heavy atom. The Kier molecular flexibility index (Phi) is 5.12. The lowest BCUT2D eigenvalue weighted by molar-refractivity contribution is 0.480. The summed E-state index contributed by atoms with van der Waals surface area (Å²) < 4.78 is 1.31. The van der Waals surface area contributed by atoms with E-state index >= 15 is 0 Å². The van der Waals surface area contributed by atoms with Crippen LogP contribution in [0.15, 0.2) is 18.2 Å². The number of nitrogens with one attached hydrogen (secondary N) is 1. The summed E-state index contributed by atoms with van der Waals surface area (Å²) in [6.45, 7) is 3.18. The number of halogens is 2. The van der Waals surface area contributed by atoms with E-state index < -0.39 is 0 Å². The maximum atomic E-state index is 6.10. The largest absolute Gasteiger partial charge is 0.310 e. The SMILES string of the molecule is CCNC(CCC1CC1)c1cc(Cl)ccc1I. The van der Waals surface area contributed by atoms with Crippen LogP contribution in [0, 0.1) is 9.49 Å². The Balaban J connectivity index is 2.08. The molecule has 0 bridgehead atoms.